The average Bonchev–Trinajstić information content (AvgIpc) is 3.33. The minimum atomic E-state index is 0. The van der Waals surface area contributed by atoms with Crippen LogP contribution in [0.3, 0.4) is 0 Å². The standard InChI is InChI=1S/C24H31N3O2.ClH/c1-2-3-8-21-9-6-13-27(21)23(28)18-25-14-11-19(12-15-25)16-26-17-20-7-4-5-10-22(20)24(26)29;/h4-7,9-10,13,19H,2-3,8,11-12,14-18H2,1H3;1H. The number of benzene rings is 1. The molecule has 1 fully saturated rings. The van der Waals surface area contributed by atoms with Gasteiger partial charge < -0.3 is 4.90 Å². The monoisotopic (exact) mass is 429 g/mol. The third kappa shape index (κ3) is 4.96. The van der Waals surface area contributed by atoms with Gasteiger partial charge in [0.2, 0.25) is 5.91 Å². The molecule has 0 radical (unpaired) electrons. The molecule has 0 spiro atoms. The number of likely N-dealkylation sites (tertiary alicyclic amines) is 1. The molecule has 5 nitrogen and oxygen atoms in total. The smallest absolute Gasteiger partial charge is 0.254 e. The second-order valence-corrected chi connectivity index (χ2v) is 8.43. The zero-order chi connectivity index (χ0) is 20.2. The fourth-order valence-electron chi connectivity index (χ4n) is 4.59. The molecule has 0 atom stereocenters. The highest BCUT2D eigenvalue weighted by Gasteiger charge is 2.30. The van der Waals surface area contributed by atoms with E-state index in [1.807, 2.05) is 39.9 Å². The maximum atomic E-state index is 12.8. The Morgan fingerprint density at radius 3 is 2.60 bits per heavy atom. The number of unbranched alkanes of at least 4 members (excludes halogenated alkanes) is 1. The van der Waals surface area contributed by atoms with Gasteiger partial charge in [-0.2, -0.15) is 0 Å². The normalized spacial score (nSPS) is 17.1. The molecule has 0 saturated carbocycles. The van der Waals surface area contributed by atoms with Crippen LogP contribution in [0.1, 0.15) is 59.0 Å². The first-order valence-corrected chi connectivity index (χ1v) is 10.9. The number of piperidine rings is 1. The molecule has 2 aliphatic heterocycles. The van der Waals surface area contributed by atoms with Crippen LogP contribution >= 0.6 is 12.4 Å². The van der Waals surface area contributed by atoms with E-state index in [0.717, 1.165) is 75.1 Å². The van der Waals surface area contributed by atoms with Crippen LogP contribution in [0.25, 0.3) is 0 Å². The Kier molecular flexibility index (Phi) is 7.73. The van der Waals surface area contributed by atoms with E-state index < -0.39 is 0 Å². The molecule has 1 aromatic carbocycles. The van der Waals surface area contributed by atoms with Crippen molar-refractivity contribution in [3.05, 3.63) is 59.4 Å². The molecule has 3 heterocycles. The Labute approximate surface area is 185 Å². The number of hydrogen-bond acceptors (Lipinski definition) is 3. The predicted molar refractivity (Wildman–Crippen MR) is 121 cm³/mol. The summed E-state index contributed by atoms with van der Waals surface area (Å²) >= 11 is 0. The molecular weight excluding hydrogens is 398 g/mol. The highest BCUT2D eigenvalue weighted by Crippen LogP contribution is 2.26. The number of aryl methyl sites for hydroxylation is 1. The number of carbonyl (C=O) groups excluding carboxylic acids is 2. The maximum absolute atomic E-state index is 12.8. The van der Waals surface area contributed by atoms with Crippen LogP contribution in [-0.4, -0.2) is 52.4 Å². The lowest BCUT2D eigenvalue weighted by atomic mass is 9.96. The van der Waals surface area contributed by atoms with Crippen molar-refractivity contribution in [3.8, 4) is 0 Å². The zero-order valence-electron chi connectivity index (χ0n) is 17.8. The summed E-state index contributed by atoms with van der Waals surface area (Å²) in [6.45, 7) is 6.08. The Balaban J connectivity index is 0.00000256. The number of rotatable bonds is 7. The van der Waals surface area contributed by atoms with Crippen molar-refractivity contribution in [3.63, 3.8) is 0 Å². The van der Waals surface area contributed by atoms with E-state index in [9.17, 15) is 9.59 Å². The van der Waals surface area contributed by atoms with Gasteiger partial charge in [0.05, 0.1) is 6.54 Å². The SMILES string of the molecule is CCCCc1cccn1C(=O)CN1CCC(CN2Cc3ccccc3C2=O)CC1.Cl. The lowest BCUT2D eigenvalue weighted by molar-refractivity contribution is 0.0697. The van der Waals surface area contributed by atoms with Crippen molar-refractivity contribution >= 4 is 24.2 Å². The summed E-state index contributed by atoms with van der Waals surface area (Å²) in [5.74, 6) is 0.862. The van der Waals surface area contributed by atoms with Gasteiger partial charge in [-0.3, -0.25) is 19.1 Å². The fraction of sp³-hybridized carbons (Fsp3) is 0.500. The topological polar surface area (TPSA) is 45.6 Å². The molecular formula is C24H32ClN3O2. The molecule has 30 heavy (non-hydrogen) atoms. The van der Waals surface area contributed by atoms with Crippen LogP contribution in [0.2, 0.25) is 0 Å². The number of fused-ring (bicyclic) bond motifs is 1. The Morgan fingerprint density at radius 2 is 1.87 bits per heavy atom. The second-order valence-electron chi connectivity index (χ2n) is 8.43. The summed E-state index contributed by atoms with van der Waals surface area (Å²) < 4.78 is 1.84. The molecule has 1 amide bonds. The summed E-state index contributed by atoms with van der Waals surface area (Å²) in [7, 11) is 0. The Bertz CT molecular complexity index is 871. The van der Waals surface area contributed by atoms with E-state index in [4.69, 9.17) is 0 Å². The van der Waals surface area contributed by atoms with E-state index >= 15 is 0 Å². The van der Waals surface area contributed by atoms with Crippen molar-refractivity contribution in [1.29, 1.82) is 0 Å². The lowest BCUT2D eigenvalue weighted by Gasteiger charge is -2.33. The number of hydrogen-bond donors (Lipinski definition) is 0. The molecule has 0 N–H and O–H groups in total. The van der Waals surface area contributed by atoms with Gasteiger partial charge in [-0.05, 0) is 68.5 Å². The van der Waals surface area contributed by atoms with Gasteiger partial charge in [0.15, 0.2) is 0 Å². The molecule has 6 heteroatoms. The van der Waals surface area contributed by atoms with Crippen LogP contribution in [0.15, 0.2) is 42.6 Å². The summed E-state index contributed by atoms with van der Waals surface area (Å²) in [5, 5.41) is 0. The van der Waals surface area contributed by atoms with Gasteiger partial charge in [0.25, 0.3) is 5.91 Å². The highest BCUT2D eigenvalue weighted by molar-refractivity contribution is 5.98. The van der Waals surface area contributed by atoms with Crippen LogP contribution in [0.5, 0.6) is 0 Å². The van der Waals surface area contributed by atoms with E-state index in [0.29, 0.717) is 12.5 Å². The first-order chi connectivity index (χ1) is 14.2. The predicted octanol–water partition coefficient (Wildman–Crippen LogP) is 4.26. The molecule has 162 valence electrons. The molecule has 4 rings (SSSR count). The Morgan fingerprint density at radius 1 is 1.10 bits per heavy atom. The minimum Gasteiger partial charge on any atom is -0.334 e. The first kappa shape index (κ1) is 22.6. The van der Waals surface area contributed by atoms with Gasteiger partial charge in [-0.25, -0.2) is 0 Å². The number of halogens is 1. The molecule has 1 aromatic heterocycles. The number of amides is 1. The third-order valence-electron chi connectivity index (χ3n) is 6.33. The van der Waals surface area contributed by atoms with Gasteiger partial charge in [-0.1, -0.05) is 31.5 Å². The molecule has 2 aliphatic rings. The van der Waals surface area contributed by atoms with E-state index in [-0.39, 0.29) is 24.2 Å². The number of nitrogens with zero attached hydrogens (tertiary/aromatic N) is 3. The van der Waals surface area contributed by atoms with Gasteiger partial charge in [0, 0.05) is 30.5 Å². The molecule has 1 saturated heterocycles. The largest absolute Gasteiger partial charge is 0.334 e. The zero-order valence-corrected chi connectivity index (χ0v) is 18.6. The summed E-state index contributed by atoms with van der Waals surface area (Å²) in [6, 6.07) is 12.0. The van der Waals surface area contributed by atoms with Gasteiger partial charge in [-0.15, -0.1) is 12.4 Å². The van der Waals surface area contributed by atoms with Crippen molar-refractivity contribution in [1.82, 2.24) is 14.4 Å². The average molecular weight is 430 g/mol. The van der Waals surface area contributed by atoms with Crippen LogP contribution < -0.4 is 0 Å². The quantitative estimate of drug-likeness (QED) is 0.660. The Hall–Kier alpha value is -2.11. The molecule has 0 bridgehead atoms. The highest BCUT2D eigenvalue weighted by atomic mass is 35.5. The lowest BCUT2D eigenvalue weighted by Crippen LogP contribution is -2.41. The van der Waals surface area contributed by atoms with E-state index in [1.54, 1.807) is 0 Å². The minimum absolute atomic E-state index is 0. The van der Waals surface area contributed by atoms with E-state index in [1.165, 1.54) is 0 Å². The van der Waals surface area contributed by atoms with Crippen LogP contribution in [0, 0.1) is 5.92 Å². The maximum Gasteiger partial charge on any atom is 0.254 e. The third-order valence-corrected chi connectivity index (χ3v) is 6.33. The van der Waals surface area contributed by atoms with Crippen molar-refractivity contribution in [2.24, 2.45) is 5.92 Å². The molecule has 2 aromatic rings. The fourth-order valence-corrected chi connectivity index (χ4v) is 4.59. The van der Waals surface area contributed by atoms with Crippen LogP contribution in [0.4, 0.5) is 0 Å². The molecule has 0 aliphatic carbocycles. The van der Waals surface area contributed by atoms with Crippen molar-refractivity contribution in [2.45, 2.75) is 45.6 Å². The molecule has 0 unspecified atom stereocenters. The summed E-state index contributed by atoms with van der Waals surface area (Å²) in [5.41, 5.74) is 3.13. The summed E-state index contributed by atoms with van der Waals surface area (Å²) in [4.78, 5) is 29.6. The second kappa shape index (κ2) is 10.3. The van der Waals surface area contributed by atoms with E-state index in [2.05, 4.69) is 24.0 Å². The van der Waals surface area contributed by atoms with Crippen LogP contribution in [-0.2, 0) is 13.0 Å². The van der Waals surface area contributed by atoms with Crippen molar-refractivity contribution in [2.75, 3.05) is 26.2 Å². The first-order valence-electron chi connectivity index (χ1n) is 10.9. The van der Waals surface area contributed by atoms with Crippen molar-refractivity contribution < 1.29 is 9.59 Å². The number of carbonyl (C=O) groups is 2. The van der Waals surface area contributed by atoms with Gasteiger partial charge in [0.1, 0.15) is 0 Å². The number of aromatic nitrogens is 1. The van der Waals surface area contributed by atoms with Gasteiger partial charge >= 0.3 is 0 Å². The summed E-state index contributed by atoms with van der Waals surface area (Å²) in [6.07, 6.45) is 7.20.